The minimum atomic E-state index is -1.76. The Hall–Kier alpha value is -2.69. The first-order chi connectivity index (χ1) is 11.1. The maximum absolute atomic E-state index is 12.5. The molecule has 0 aromatic heterocycles. The number of hydrogen-bond acceptors (Lipinski definition) is 4. The van der Waals surface area contributed by atoms with Gasteiger partial charge in [0.2, 0.25) is 0 Å². The maximum Gasteiger partial charge on any atom is 0.386 e. The fourth-order valence-corrected chi connectivity index (χ4v) is 3.43. The van der Waals surface area contributed by atoms with Crippen molar-refractivity contribution in [2.75, 3.05) is 6.61 Å². The lowest BCUT2D eigenvalue weighted by molar-refractivity contribution is -0.529. The van der Waals surface area contributed by atoms with E-state index in [0.717, 1.165) is 11.1 Å². The summed E-state index contributed by atoms with van der Waals surface area (Å²) in [5, 5.41) is 11.9. The van der Waals surface area contributed by atoms with Gasteiger partial charge in [0, 0.05) is 4.92 Å². The van der Waals surface area contributed by atoms with Gasteiger partial charge in [0.05, 0.1) is 13.0 Å². The van der Waals surface area contributed by atoms with Crippen LogP contribution in [0.25, 0.3) is 0 Å². The number of hydrogen-bond donors (Lipinski definition) is 0. The summed E-state index contributed by atoms with van der Waals surface area (Å²) in [5.41, 5.74) is -1.22. The molecule has 0 saturated heterocycles. The molecule has 0 radical (unpaired) electrons. The fraction of sp³-hybridized carbons (Fsp3) is 0.278. The lowest BCUT2D eigenvalue weighted by Gasteiger charge is -2.20. The number of esters is 1. The van der Waals surface area contributed by atoms with Gasteiger partial charge in [0.15, 0.2) is 0 Å². The van der Waals surface area contributed by atoms with Crippen LogP contribution in [0.3, 0.4) is 0 Å². The van der Waals surface area contributed by atoms with Crippen molar-refractivity contribution in [1.82, 2.24) is 0 Å². The van der Waals surface area contributed by atoms with Gasteiger partial charge < -0.3 is 4.74 Å². The van der Waals surface area contributed by atoms with Gasteiger partial charge in [-0.05, 0) is 18.1 Å². The Bertz CT molecular complexity index is 690. The van der Waals surface area contributed by atoms with Crippen LogP contribution in [-0.4, -0.2) is 23.0 Å². The molecule has 1 atom stereocenters. The van der Waals surface area contributed by atoms with E-state index in [2.05, 4.69) is 0 Å². The topological polar surface area (TPSA) is 69.4 Å². The first kappa shape index (κ1) is 15.2. The molecule has 23 heavy (non-hydrogen) atoms. The van der Waals surface area contributed by atoms with Crippen molar-refractivity contribution in [2.45, 2.75) is 24.3 Å². The van der Waals surface area contributed by atoms with E-state index in [1.165, 1.54) is 0 Å². The largest absolute Gasteiger partial charge is 0.461 e. The number of benzene rings is 2. The van der Waals surface area contributed by atoms with Crippen molar-refractivity contribution in [3.63, 3.8) is 0 Å². The predicted octanol–water partition coefficient (Wildman–Crippen LogP) is 2.96. The Morgan fingerprint density at radius 1 is 1.09 bits per heavy atom. The molecule has 1 unspecified atom stereocenters. The Morgan fingerprint density at radius 3 is 1.96 bits per heavy atom. The number of carbonyl (C=O) groups excluding carboxylic acids is 1. The number of carbonyl (C=O) groups is 1. The van der Waals surface area contributed by atoms with Gasteiger partial charge in [0.1, 0.15) is 5.41 Å². The van der Waals surface area contributed by atoms with Gasteiger partial charge in [-0.25, -0.2) is 4.79 Å². The fourth-order valence-electron chi connectivity index (χ4n) is 3.43. The standard InChI is InChI=1S/C18H17NO4/c1-2-23-16(20)18(19(21)22)13-17(18,14-9-5-3-6-10-14)15-11-7-4-8-12-15/h3-12H,2,13H2,1H3. The molecule has 5 heteroatoms. The zero-order chi connectivity index (χ0) is 16.5. The minimum absolute atomic E-state index is 0.111. The average molecular weight is 311 g/mol. The minimum Gasteiger partial charge on any atom is -0.461 e. The van der Waals surface area contributed by atoms with Crippen molar-refractivity contribution in [2.24, 2.45) is 0 Å². The van der Waals surface area contributed by atoms with E-state index in [-0.39, 0.29) is 13.0 Å². The molecule has 1 aliphatic rings. The maximum atomic E-state index is 12.5. The molecule has 2 aromatic rings. The monoisotopic (exact) mass is 311 g/mol. The molecule has 0 amide bonds. The number of rotatable bonds is 5. The van der Waals surface area contributed by atoms with Crippen molar-refractivity contribution in [3.8, 4) is 0 Å². The lowest BCUT2D eigenvalue weighted by atomic mass is 9.83. The number of nitrogens with zero attached hydrogens (tertiary/aromatic N) is 1. The second kappa shape index (κ2) is 5.50. The Kier molecular flexibility index (Phi) is 3.64. The molecule has 0 heterocycles. The highest BCUT2D eigenvalue weighted by atomic mass is 16.6. The van der Waals surface area contributed by atoms with Crippen LogP contribution in [0.15, 0.2) is 60.7 Å². The SMILES string of the molecule is CCOC(=O)C1([N+](=O)[O-])CC1(c1ccccc1)c1ccccc1. The molecule has 0 spiro atoms. The quantitative estimate of drug-likeness (QED) is 0.483. The Labute approximate surface area is 134 Å². The third kappa shape index (κ3) is 2.04. The summed E-state index contributed by atoms with van der Waals surface area (Å²) in [6.45, 7) is 1.77. The smallest absolute Gasteiger partial charge is 0.386 e. The van der Waals surface area contributed by atoms with Gasteiger partial charge >= 0.3 is 11.5 Å². The molecule has 0 aliphatic heterocycles. The third-order valence-electron chi connectivity index (χ3n) is 4.56. The normalized spacial score (nSPS) is 21.4. The van der Waals surface area contributed by atoms with Crippen LogP contribution in [0.5, 0.6) is 0 Å². The molecule has 5 nitrogen and oxygen atoms in total. The second-order valence-corrected chi connectivity index (χ2v) is 5.65. The van der Waals surface area contributed by atoms with Crippen LogP contribution in [0, 0.1) is 10.1 Å². The molecule has 1 aliphatic carbocycles. The van der Waals surface area contributed by atoms with Crippen molar-refractivity contribution >= 4 is 5.97 Å². The average Bonchev–Trinajstić information content (AvgIpc) is 3.30. The van der Waals surface area contributed by atoms with E-state index in [9.17, 15) is 14.9 Å². The van der Waals surface area contributed by atoms with E-state index < -0.39 is 21.8 Å². The van der Waals surface area contributed by atoms with Gasteiger partial charge in [-0.3, -0.25) is 10.1 Å². The van der Waals surface area contributed by atoms with E-state index in [1.807, 2.05) is 60.7 Å². The van der Waals surface area contributed by atoms with Gasteiger partial charge in [-0.2, -0.15) is 0 Å². The van der Waals surface area contributed by atoms with Crippen molar-refractivity contribution in [1.29, 1.82) is 0 Å². The van der Waals surface area contributed by atoms with Gasteiger partial charge in [-0.15, -0.1) is 0 Å². The van der Waals surface area contributed by atoms with E-state index in [1.54, 1.807) is 6.92 Å². The molecular weight excluding hydrogens is 294 g/mol. The zero-order valence-corrected chi connectivity index (χ0v) is 12.8. The third-order valence-corrected chi connectivity index (χ3v) is 4.56. The summed E-state index contributed by atoms with van der Waals surface area (Å²) >= 11 is 0. The van der Waals surface area contributed by atoms with Gasteiger partial charge in [-0.1, -0.05) is 60.7 Å². The molecule has 118 valence electrons. The molecule has 1 fully saturated rings. The van der Waals surface area contributed by atoms with Crippen LogP contribution in [0.1, 0.15) is 24.5 Å². The highest BCUT2D eigenvalue weighted by molar-refractivity contribution is 5.89. The number of ether oxygens (including phenoxy) is 1. The first-order valence-corrected chi connectivity index (χ1v) is 7.52. The molecule has 0 bridgehead atoms. The van der Waals surface area contributed by atoms with Crippen LogP contribution in [0.2, 0.25) is 0 Å². The van der Waals surface area contributed by atoms with Crippen LogP contribution >= 0.6 is 0 Å². The summed E-state index contributed by atoms with van der Waals surface area (Å²) in [6, 6.07) is 18.3. The predicted molar refractivity (Wildman–Crippen MR) is 84.6 cm³/mol. The molecule has 3 rings (SSSR count). The van der Waals surface area contributed by atoms with E-state index in [0.29, 0.717) is 0 Å². The van der Waals surface area contributed by atoms with E-state index >= 15 is 0 Å². The van der Waals surface area contributed by atoms with Gasteiger partial charge in [0.25, 0.3) is 0 Å². The van der Waals surface area contributed by atoms with Crippen molar-refractivity contribution in [3.05, 3.63) is 81.9 Å². The van der Waals surface area contributed by atoms with E-state index in [4.69, 9.17) is 4.74 Å². The molecule has 0 N–H and O–H groups in total. The second-order valence-electron chi connectivity index (χ2n) is 5.65. The van der Waals surface area contributed by atoms with Crippen LogP contribution in [-0.2, 0) is 14.9 Å². The summed E-state index contributed by atoms with van der Waals surface area (Å²) in [7, 11) is 0. The molecule has 2 aromatic carbocycles. The highest BCUT2D eigenvalue weighted by Crippen LogP contribution is 2.64. The first-order valence-electron chi connectivity index (χ1n) is 7.52. The lowest BCUT2D eigenvalue weighted by Crippen LogP contribution is -2.42. The molecular formula is C18H17NO4. The Balaban J connectivity index is 2.20. The van der Waals surface area contributed by atoms with Crippen molar-refractivity contribution < 1.29 is 14.5 Å². The van der Waals surface area contributed by atoms with Crippen LogP contribution < -0.4 is 0 Å². The summed E-state index contributed by atoms with van der Waals surface area (Å²) < 4.78 is 5.05. The highest BCUT2D eigenvalue weighted by Gasteiger charge is 2.85. The molecule has 1 saturated carbocycles. The summed E-state index contributed by atoms with van der Waals surface area (Å²) in [4.78, 5) is 23.9. The Morgan fingerprint density at radius 2 is 1.57 bits per heavy atom. The summed E-state index contributed by atoms with van der Waals surface area (Å²) in [6.07, 6.45) is 0.111. The summed E-state index contributed by atoms with van der Waals surface area (Å²) in [5.74, 6) is -0.766. The zero-order valence-electron chi connectivity index (χ0n) is 12.8. The number of nitro groups is 1. The van der Waals surface area contributed by atoms with Crippen LogP contribution in [0.4, 0.5) is 0 Å².